The van der Waals surface area contributed by atoms with Gasteiger partial charge in [-0.25, -0.2) is 0 Å². The summed E-state index contributed by atoms with van der Waals surface area (Å²) in [4.78, 5) is 18.4. The molecule has 4 bridgehead atoms. The first-order valence-electron chi connectivity index (χ1n) is 12.2. The van der Waals surface area contributed by atoms with E-state index < -0.39 is 5.41 Å². The van der Waals surface area contributed by atoms with Gasteiger partial charge in [-0.15, -0.1) is 0 Å². The summed E-state index contributed by atoms with van der Waals surface area (Å²) in [6.07, 6.45) is 6.84. The van der Waals surface area contributed by atoms with Gasteiger partial charge in [0.15, 0.2) is 0 Å². The number of hydrogen-bond acceptors (Lipinski definition) is 3. The van der Waals surface area contributed by atoms with Crippen molar-refractivity contribution < 1.29 is 4.79 Å². The van der Waals surface area contributed by atoms with E-state index in [1.54, 1.807) is 0 Å². The van der Waals surface area contributed by atoms with Gasteiger partial charge in [0.05, 0.1) is 5.41 Å². The fraction of sp³-hybridized carbons (Fsp3) is 0.731. The molecule has 30 heavy (non-hydrogen) atoms. The van der Waals surface area contributed by atoms with Crippen molar-refractivity contribution in [3.05, 3.63) is 35.4 Å². The molecule has 0 unspecified atom stereocenters. The van der Waals surface area contributed by atoms with Gasteiger partial charge in [0, 0.05) is 38.8 Å². The van der Waals surface area contributed by atoms with Crippen LogP contribution in [0.3, 0.4) is 0 Å². The number of benzene rings is 1. The maximum atomic E-state index is 13.5. The first-order chi connectivity index (χ1) is 14.4. The Balaban J connectivity index is 1.26. The molecule has 4 nitrogen and oxygen atoms in total. The molecular weight excluding hydrogens is 370 g/mol. The molecule has 5 fully saturated rings. The van der Waals surface area contributed by atoms with Crippen LogP contribution >= 0.6 is 0 Å². The van der Waals surface area contributed by atoms with Crippen LogP contribution < -0.4 is 5.32 Å². The lowest BCUT2D eigenvalue weighted by Gasteiger charge is -2.54. The highest BCUT2D eigenvalue weighted by Crippen LogP contribution is 2.53. The predicted octanol–water partition coefficient (Wildman–Crippen LogP) is 3.65. The third-order valence-corrected chi connectivity index (χ3v) is 8.74. The third kappa shape index (κ3) is 3.93. The maximum absolute atomic E-state index is 13.5. The molecule has 164 valence electrons. The average molecular weight is 410 g/mol. The van der Waals surface area contributed by atoms with Gasteiger partial charge in [0.25, 0.3) is 0 Å². The number of nitrogens with zero attached hydrogens (tertiary/aromatic N) is 2. The second kappa shape index (κ2) is 7.94. The van der Waals surface area contributed by atoms with Gasteiger partial charge in [0.1, 0.15) is 0 Å². The number of carbonyl (C=O) groups is 1. The summed E-state index contributed by atoms with van der Waals surface area (Å²) in [5, 5.41) is 3.55. The topological polar surface area (TPSA) is 35.6 Å². The summed E-state index contributed by atoms with van der Waals surface area (Å²) < 4.78 is 0. The van der Waals surface area contributed by atoms with Crippen molar-refractivity contribution in [2.45, 2.75) is 64.0 Å². The third-order valence-electron chi connectivity index (χ3n) is 8.74. The van der Waals surface area contributed by atoms with Crippen molar-refractivity contribution >= 4 is 5.91 Å². The Morgan fingerprint density at radius 2 is 1.63 bits per heavy atom. The van der Waals surface area contributed by atoms with Crippen molar-refractivity contribution in [2.24, 2.45) is 23.7 Å². The van der Waals surface area contributed by atoms with Crippen LogP contribution in [-0.2, 0) is 16.8 Å². The van der Waals surface area contributed by atoms with Crippen molar-refractivity contribution in [2.75, 3.05) is 33.2 Å². The molecule has 4 aliphatic carbocycles. The summed E-state index contributed by atoms with van der Waals surface area (Å²) >= 11 is 0. The average Bonchev–Trinajstić information content (AvgIpc) is 2.72. The number of likely N-dealkylation sites (N-methyl/N-ethyl adjacent to an activating group) is 1. The van der Waals surface area contributed by atoms with Crippen molar-refractivity contribution in [3.63, 3.8) is 0 Å². The molecule has 1 N–H and O–H groups in total. The summed E-state index contributed by atoms with van der Waals surface area (Å²) in [6.45, 7) is 9.71. The molecule has 1 saturated heterocycles. The van der Waals surface area contributed by atoms with Crippen molar-refractivity contribution in [1.82, 2.24) is 15.1 Å². The quantitative estimate of drug-likeness (QED) is 0.806. The van der Waals surface area contributed by atoms with Gasteiger partial charge in [-0.3, -0.25) is 9.69 Å². The fourth-order valence-corrected chi connectivity index (χ4v) is 6.95. The lowest BCUT2D eigenvalue weighted by atomic mass is 9.54. The number of carbonyl (C=O) groups excluding carboxylic acids is 1. The summed E-state index contributed by atoms with van der Waals surface area (Å²) in [5.41, 5.74) is 1.98. The minimum Gasteiger partial charge on any atom is -0.352 e. The standard InChI is InChI=1S/C26H39N3O/c1-26(2,23-6-4-5-18(16-23)17-29-9-7-28(3)8-10-29)25(30)27-24-21-12-19-11-20(14-21)15-22(24)13-19/h4-6,16,19-22,24H,7-15,17H2,1-3H3,(H,27,30). The fourth-order valence-electron chi connectivity index (χ4n) is 6.95. The second-order valence-electron chi connectivity index (χ2n) is 11.3. The first kappa shape index (κ1) is 20.5. The molecule has 5 aliphatic rings. The number of hydrogen-bond donors (Lipinski definition) is 1. The Bertz CT molecular complexity index is 752. The highest BCUT2D eigenvalue weighted by molar-refractivity contribution is 5.87. The van der Waals surface area contributed by atoms with E-state index in [1.807, 2.05) is 0 Å². The molecule has 0 radical (unpaired) electrons. The number of amides is 1. The smallest absolute Gasteiger partial charge is 0.230 e. The molecule has 0 spiro atoms. The zero-order valence-corrected chi connectivity index (χ0v) is 19.1. The van der Waals surface area contributed by atoms with Gasteiger partial charge in [-0.2, -0.15) is 0 Å². The summed E-state index contributed by atoms with van der Waals surface area (Å²) in [7, 11) is 2.20. The van der Waals surface area contributed by atoms with Crippen LogP contribution in [0.15, 0.2) is 24.3 Å². The predicted molar refractivity (Wildman–Crippen MR) is 121 cm³/mol. The van der Waals surface area contributed by atoms with Gasteiger partial charge < -0.3 is 10.2 Å². The van der Waals surface area contributed by atoms with Crippen LogP contribution in [-0.4, -0.2) is 55.0 Å². The van der Waals surface area contributed by atoms with Crippen molar-refractivity contribution in [1.29, 1.82) is 0 Å². The lowest BCUT2D eigenvalue weighted by Crippen LogP contribution is -2.58. The first-order valence-corrected chi connectivity index (χ1v) is 12.2. The molecule has 1 aromatic rings. The molecule has 6 rings (SSSR count). The Labute approximate surface area is 182 Å². The van der Waals surface area contributed by atoms with E-state index in [0.29, 0.717) is 6.04 Å². The Hall–Kier alpha value is -1.39. The zero-order chi connectivity index (χ0) is 20.9. The number of piperazine rings is 1. The molecule has 1 heterocycles. The van der Waals surface area contributed by atoms with Gasteiger partial charge in [-0.05, 0) is 87.8 Å². The molecule has 0 atom stereocenters. The minimum absolute atomic E-state index is 0.219. The number of rotatable bonds is 5. The Morgan fingerprint density at radius 3 is 2.27 bits per heavy atom. The molecule has 4 saturated carbocycles. The minimum atomic E-state index is -0.493. The highest BCUT2D eigenvalue weighted by Gasteiger charge is 2.49. The molecule has 1 aliphatic heterocycles. The van der Waals surface area contributed by atoms with Crippen LogP contribution in [0.5, 0.6) is 0 Å². The van der Waals surface area contributed by atoms with Crippen molar-refractivity contribution in [3.8, 4) is 0 Å². The maximum Gasteiger partial charge on any atom is 0.230 e. The Morgan fingerprint density at radius 1 is 1.00 bits per heavy atom. The Kier molecular flexibility index (Phi) is 5.43. The number of nitrogens with one attached hydrogen (secondary N) is 1. The van der Waals surface area contributed by atoms with Gasteiger partial charge >= 0.3 is 0 Å². The van der Waals surface area contributed by atoms with Gasteiger partial charge in [-0.1, -0.05) is 24.3 Å². The van der Waals surface area contributed by atoms with E-state index in [4.69, 9.17) is 0 Å². The summed E-state index contributed by atoms with van der Waals surface area (Å²) in [6, 6.07) is 9.18. The lowest BCUT2D eigenvalue weighted by molar-refractivity contribution is -0.129. The van der Waals surface area contributed by atoms with Crippen LogP contribution in [0.25, 0.3) is 0 Å². The van der Waals surface area contributed by atoms with Gasteiger partial charge in [0.2, 0.25) is 5.91 Å². The zero-order valence-electron chi connectivity index (χ0n) is 19.1. The van der Waals surface area contributed by atoms with Crippen LogP contribution in [0.1, 0.15) is 57.1 Å². The van der Waals surface area contributed by atoms with E-state index in [1.165, 1.54) is 37.7 Å². The highest BCUT2D eigenvalue weighted by atomic mass is 16.2. The molecule has 1 amide bonds. The van der Waals surface area contributed by atoms with E-state index >= 15 is 0 Å². The van der Waals surface area contributed by atoms with Crippen LogP contribution in [0.2, 0.25) is 0 Å². The van der Waals surface area contributed by atoms with Crippen LogP contribution in [0, 0.1) is 23.7 Å². The molecule has 1 aromatic carbocycles. The monoisotopic (exact) mass is 409 g/mol. The molecule has 0 aromatic heterocycles. The largest absolute Gasteiger partial charge is 0.352 e. The second-order valence-corrected chi connectivity index (χ2v) is 11.3. The van der Waals surface area contributed by atoms with E-state index in [9.17, 15) is 4.79 Å². The summed E-state index contributed by atoms with van der Waals surface area (Å²) in [5.74, 6) is 3.56. The molecular formula is C26H39N3O. The molecule has 4 heteroatoms. The SMILES string of the molecule is CN1CCN(Cc2cccc(C(C)(C)C(=O)NC3C4CC5CC(C4)CC3C5)c2)CC1. The normalized spacial score (nSPS) is 34.3. The van der Waals surface area contributed by atoms with E-state index in [2.05, 4.69) is 60.3 Å². The van der Waals surface area contributed by atoms with E-state index in [-0.39, 0.29) is 5.91 Å². The van der Waals surface area contributed by atoms with Crippen LogP contribution in [0.4, 0.5) is 0 Å². The van der Waals surface area contributed by atoms with E-state index in [0.717, 1.165) is 62.0 Å².